The number of esters is 1. The molecule has 112 valence electrons. The van der Waals surface area contributed by atoms with Crippen LogP contribution in [0.15, 0.2) is 34.9 Å². The van der Waals surface area contributed by atoms with Gasteiger partial charge >= 0.3 is 5.97 Å². The van der Waals surface area contributed by atoms with Crippen molar-refractivity contribution in [2.24, 2.45) is 0 Å². The van der Waals surface area contributed by atoms with Crippen LogP contribution in [0.4, 0.5) is 14.5 Å². The standard InChI is InChI=1S/C15H15F2NO3/c1-3-18(10-4-5-12(16)13(17)8-10)9-14-11(6-7-21-14)15(19)20-2/h4-8H,3,9H2,1-2H3. The molecule has 0 atom stereocenters. The van der Waals surface area contributed by atoms with Crippen molar-refractivity contribution in [2.75, 3.05) is 18.6 Å². The molecular formula is C15H15F2NO3. The molecule has 0 saturated heterocycles. The number of furan rings is 1. The highest BCUT2D eigenvalue weighted by Crippen LogP contribution is 2.22. The van der Waals surface area contributed by atoms with Gasteiger partial charge in [0.05, 0.1) is 19.9 Å². The van der Waals surface area contributed by atoms with Gasteiger partial charge in [-0.15, -0.1) is 0 Å². The van der Waals surface area contributed by atoms with Crippen LogP contribution in [0, 0.1) is 11.6 Å². The Labute approximate surface area is 120 Å². The molecule has 2 rings (SSSR count). The van der Waals surface area contributed by atoms with Gasteiger partial charge in [-0.1, -0.05) is 0 Å². The molecule has 0 aliphatic carbocycles. The summed E-state index contributed by atoms with van der Waals surface area (Å²) in [5.74, 6) is -1.91. The molecule has 0 spiro atoms. The molecule has 6 heteroatoms. The Morgan fingerprint density at radius 3 is 2.67 bits per heavy atom. The van der Waals surface area contributed by atoms with Gasteiger partial charge in [-0.3, -0.25) is 0 Å². The highest BCUT2D eigenvalue weighted by atomic mass is 19.2. The SMILES string of the molecule is CCN(Cc1occc1C(=O)OC)c1ccc(F)c(F)c1. The molecule has 0 aliphatic rings. The monoisotopic (exact) mass is 295 g/mol. The molecule has 0 aliphatic heterocycles. The molecule has 1 aromatic heterocycles. The summed E-state index contributed by atoms with van der Waals surface area (Å²) in [7, 11) is 1.28. The van der Waals surface area contributed by atoms with Crippen molar-refractivity contribution < 1.29 is 22.7 Å². The molecule has 1 aromatic carbocycles. The van der Waals surface area contributed by atoms with Crippen molar-refractivity contribution in [2.45, 2.75) is 13.5 Å². The highest BCUT2D eigenvalue weighted by molar-refractivity contribution is 5.90. The van der Waals surface area contributed by atoms with Crippen LogP contribution < -0.4 is 4.90 Å². The predicted molar refractivity (Wildman–Crippen MR) is 73.1 cm³/mol. The van der Waals surface area contributed by atoms with Gasteiger partial charge in [-0.05, 0) is 25.1 Å². The van der Waals surface area contributed by atoms with E-state index in [0.717, 1.165) is 12.1 Å². The third-order valence-electron chi connectivity index (χ3n) is 3.14. The smallest absolute Gasteiger partial charge is 0.341 e. The van der Waals surface area contributed by atoms with E-state index in [2.05, 4.69) is 4.74 Å². The molecule has 0 amide bonds. The molecule has 1 heterocycles. The molecule has 21 heavy (non-hydrogen) atoms. The Balaban J connectivity index is 2.25. The number of carbonyl (C=O) groups excluding carboxylic acids is 1. The van der Waals surface area contributed by atoms with Crippen molar-refractivity contribution in [3.63, 3.8) is 0 Å². The fourth-order valence-electron chi connectivity index (χ4n) is 2.00. The van der Waals surface area contributed by atoms with E-state index in [1.165, 1.54) is 25.5 Å². The van der Waals surface area contributed by atoms with Crippen LogP contribution >= 0.6 is 0 Å². The molecule has 0 bridgehead atoms. The van der Waals surface area contributed by atoms with E-state index in [4.69, 9.17) is 4.42 Å². The summed E-state index contributed by atoms with van der Waals surface area (Å²) in [4.78, 5) is 13.3. The van der Waals surface area contributed by atoms with Crippen LogP contribution in [0.25, 0.3) is 0 Å². The number of anilines is 1. The molecule has 0 radical (unpaired) electrons. The summed E-state index contributed by atoms with van der Waals surface area (Å²) in [5, 5.41) is 0. The van der Waals surface area contributed by atoms with E-state index < -0.39 is 17.6 Å². The summed E-state index contributed by atoms with van der Waals surface area (Å²) < 4.78 is 36.3. The van der Waals surface area contributed by atoms with E-state index in [-0.39, 0.29) is 6.54 Å². The number of nitrogens with zero attached hydrogens (tertiary/aromatic N) is 1. The van der Waals surface area contributed by atoms with E-state index >= 15 is 0 Å². The molecular weight excluding hydrogens is 280 g/mol. The Bertz CT molecular complexity index is 640. The van der Waals surface area contributed by atoms with Gasteiger partial charge in [-0.25, -0.2) is 13.6 Å². The lowest BCUT2D eigenvalue weighted by Crippen LogP contribution is -2.23. The van der Waals surface area contributed by atoms with Crippen molar-refractivity contribution in [3.05, 3.63) is 53.5 Å². The van der Waals surface area contributed by atoms with Gasteiger partial charge < -0.3 is 14.1 Å². The first-order chi connectivity index (χ1) is 10.1. The number of methoxy groups -OCH3 is 1. The van der Waals surface area contributed by atoms with Crippen molar-refractivity contribution >= 4 is 11.7 Å². The lowest BCUT2D eigenvalue weighted by Gasteiger charge is -2.22. The zero-order valence-corrected chi connectivity index (χ0v) is 11.7. The van der Waals surface area contributed by atoms with Gasteiger partial charge in [0.25, 0.3) is 0 Å². The van der Waals surface area contributed by atoms with E-state index in [1.54, 1.807) is 4.90 Å². The Morgan fingerprint density at radius 2 is 2.05 bits per heavy atom. The minimum atomic E-state index is -0.918. The second kappa shape index (κ2) is 6.39. The molecule has 0 fully saturated rings. The van der Waals surface area contributed by atoms with Gasteiger partial charge in [0.1, 0.15) is 11.3 Å². The summed E-state index contributed by atoms with van der Waals surface area (Å²) in [6.45, 7) is 2.65. The Hall–Kier alpha value is -2.37. The van der Waals surface area contributed by atoms with Crippen LogP contribution in [0.3, 0.4) is 0 Å². The predicted octanol–water partition coefficient (Wildman–Crippen LogP) is 3.37. The largest absolute Gasteiger partial charge is 0.467 e. The summed E-state index contributed by atoms with van der Waals surface area (Å²) in [6, 6.07) is 5.17. The van der Waals surface area contributed by atoms with Crippen LogP contribution in [-0.2, 0) is 11.3 Å². The van der Waals surface area contributed by atoms with Gasteiger partial charge in [0.2, 0.25) is 0 Å². The number of carbonyl (C=O) groups is 1. The first-order valence-electron chi connectivity index (χ1n) is 6.41. The van der Waals surface area contributed by atoms with E-state index in [1.807, 2.05) is 6.92 Å². The molecule has 2 aromatic rings. The fourth-order valence-corrected chi connectivity index (χ4v) is 2.00. The average Bonchev–Trinajstić information content (AvgIpc) is 2.95. The number of benzene rings is 1. The first-order valence-corrected chi connectivity index (χ1v) is 6.41. The maximum Gasteiger partial charge on any atom is 0.341 e. The third kappa shape index (κ3) is 3.21. The van der Waals surface area contributed by atoms with Crippen molar-refractivity contribution in [3.8, 4) is 0 Å². The lowest BCUT2D eigenvalue weighted by atomic mass is 10.2. The van der Waals surface area contributed by atoms with E-state index in [0.29, 0.717) is 23.6 Å². The minimum Gasteiger partial charge on any atom is -0.467 e. The quantitative estimate of drug-likeness (QED) is 0.793. The Morgan fingerprint density at radius 1 is 1.29 bits per heavy atom. The topological polar surface area (TPSA) is 42.7 Å². The summed E-state index contributed by atoms with van der Waals surface area (Å²) in [6.07, 6.45) is 1.39. The molecule has 0 saturated carbocycles. The Kier molecular flexibility index (Phi) is 4.57. The number of hydrogen-bond donors (Lipinski definition) is 0. The zero-order valence-electron chi connectivity index (χ0n) is 11.7. The number of halogens is 2. The maximum atomic E-state index is 13.3. The maximum absolute atomic E-state index is 13.3. The number of rotatable bonds is 5. The van der Waals surface area contributed by atoms with Gasteiger partial charge in [0.15, 0.2) is 11.6 Å². The zero-order chi connectivity index (χ0) is 15.4. The number of hydrogen-bond acceptors (Lipinski definition) is 4. The van der Waals surface area contributed by atoms with Crippen molar-refractivity contribution in [1.82, 2.24) is 0 Å². The van der Waals surface area contributed by atoms with Crippen LogP contribution in [-0.4, -0.2) is 19.6 Å². The normalized spacial score (nSPS) is 10.5. The first kappa shape index (κ1) is 15.0. The molecule has 0 N–H and O–H groups in total. The second-order valence-electron chi connectivity index (χ2n) is 4.36. The van der Waals surface area contributed by atoms with Crippen LogP contribution in [0.1, 0.15) is 23.0 Å². The van der Waals surface area contributed by atoms with Crippen LogP contribution in [0.2, 0.25) is 0 Å². The van der Waals surface area contributed by atoms with Crippen molar-refractivity contribution in [1.29, 1.82) is 0 Å². The lowest BCUT2D eigenvalue weighted by molar-refractivity contribution is 0.0598. The fraction of sp³-hybridized carbons (Fsp3) is 0.267. The van der Waals surface area contributed by atoms with Crippen LogP contribution in [0.5, 0.6) is 0 Å². The summed E-state index contributed by atoms with van der Waals surface area (Å²) >= 11 is 0. The van der Waals surface area contributed by atoms with E-state index in [9.17, 15) is 13.6 Å². The van der Waals surface area contributed by atoms with Gasteiger partial charge in [0, 0.05) is 18.3 Å². The summed E-state index contributed by atoms with van der Waals surface area (Å²) in [5.41, 5.74) is 0.821. The van der Waals surface area contributed by atoms with Gasteiger partial charge in [-0.2, -0.15) is 0 Å². The highest BCUT2D eigenvalue weighted by Gasteiger charge is 2.18. The average molecular weight is 295 g/mol. The molecule has 4 nitrogen and oxygen atoms in total. The second-order valence-corrected chi connectivity index (χ2v) is 4.36. The third-order valence-corrected chi connectivity index (χ3v) is 3.14. The number of ether oxygens (including phenoxy) is 1. The minimum absolute atomic E-state index is 0.249. The molecule has 0 unspecified atom stereocenters.